The number of anilines is 1. The number of methoxy groups -OCH3 is 1. The normalized spacial score (nSPS) is 11.7. The summed E-state index contributed by atoms with van der Waals surface area (Å²) in [5.74, 6) is 0.750. The predicted molar refractivity (Wildman–Crippen MR) is 113 cm³/mol. The molecule has 1 aromatic carbocycles. The van der Waals surface area contributed by atoms with Gasteiger partial charge in [-0.05, 0) is 18.2 Å². The predicted octanol–water partition coefficient (Wildman–Crippen LogP) is 2.19. The first-order chi connectivity index (χ1) is 14.4. The number of ether oxygens (including phenoxy) is 1. The van der Waals surface area contributed by atoms with Crippen molar-refractivity contribution >= 4 is 16.9 Å². The van der Waals surface area contributed by atoms with Crippen molar-refractivity contribution < 1.29 is 9.84 Å². The average Bonchev–Trinajstić information content (AvgIpc) is 3.21. The van der Waals surface area contributed by atoms with Gasteiger partial charge < -0.3 is 15.6 Å². The molecule has 0 aliphatic carbocycles. The van der Waals surface area contributed by atoms with Crippen LogP contribution in [0.15, 0.2) is 42.6 Å². The zero-order chi connectivity index (χ0) is 21.3. The molecular formula is C21H23N7O2. The fourth-order valence-electron chi connectivity index (χ4n) is 3.18. The number of aliphatic hydroxyl groups is 1. The molecular weight excluding hydrogens is 382 g/mol. The summed E-state index contributed by atoms with van der Waals surface area (Å²) in [6.45, 7) is 4.35. The van der Waals surface area contributed by atoms with Crippen molar-refractivity contribution in [3.63, 3.8) is 0 Å². The summed E-state index contributed by atoms with van der Waals surface area (Å²) in [5, 5.41) is 18.9. The van der Waals surface area contributed by atoms with E-state index in [-0.39, 0.29) is 12.6 Å². The van der Waals surface area contributed by atoms with Crippen molar-refractivity contribution in [1.29, 1.82) is 0 Å². The van der Waals surface area contributed by atoms with E-state index in [1.54, 1.807) is 18.0 Å². The number of nitrogen functional groups attached to an aromatic ring is 1. The number of rotatable bonds is 6. The summed E-state index contributed by atoms with van der Waals surface area (Å²) in [4.78, 5) is 13.3. The van der Waals surface area contributed by atoms with E-state index in [9.17, 15) is 5.11 Å². The van der Waals surface area contributed by atoms with E-state index in [0.717, 1.165) is 16.8 Å². The summed E-state index contributed by atoms with van der Waals surface area (Å²) >= 11 is 0. The standard InChI is InChI=1S/C21H23N7O2/c1-21(2,12-29)17-9-4-6-13(23-17)10-28-11-15(26-27-28)18-14-7-5-8-16(30-3)19(14)25-20(22)24-18/h4-9,11,29H,10,12H2,1-3H3,(H2,22,24,25). The number of hydrogen-bond donors (Lipinski definition) is 2. The lowest BCUT2D eigenvalue weighted by molar-refractivity contribution is 0.215. The van der Waals surface area contributed by atoms with Crippen molar-refractivity contribution in [2.75, 3.05) is 19.5 Å². The molecule has 9 heteroatoms. The van der Waals surface area contributed by atoms with Gasteiger partial charge in [-0.2, -0.15) is 0 Å². The molecule has 0 saturated carbocycles. The number of nitrogens with zero attached hydrogens (tertiary/aromatic N) is 6. The Labute approximate surface area is 173 Å². The summed E-state index contributed by atoms with van der Waals surface area (Å²) in [6, 6.07) is 11.3. The number of benzene rings is 1. The van der Waals surface area contributed by atoms with Crippen LogP contribution in [0.25, 0.3) is 22.3 Å². The maximum atomic E-state index is 9.61. The van der Waals surface area contributed by atoms with Gasteiger partial charge in [0.1, 0.15) is 22.7 Å². The molecule has 0 amide bonds. The molecule has 0 spiro atoms. The minimum atomic E-state index is -0.417. The van der Waals surface area contributed by atoms with E-state index in [1.807, 2.05) is 50.2 Å². The Kier molecular flexibility index (Phi) is 5.04. The fraction of sp³-hybridized carbons (Fsp3) is 0.286. The molecule has 4 rings (SSSR count). The highest BCUT2D eigenvalue weighted by Crippen LogP contribution is 2.30. The molecule has 0 aliphatic heterocycles. The number of hydrogen-bond acceptors (Lipinski definition) is 8. The molecule has 3 aromatic heterocycles. The van der Waals surface area contributed by atoms with Gasteiger partial charge in [-0.3, -0.25) is 4.98 Å². The Morgan fingerprint density at radius 3 is 2.67 bits per heavy atom. The second-order valence-corrected chi connectivity index (χ2v) is 7.64. The van der Waals surface area contributed by atoms with Crippen LogP contribution in [0.1, 0.15) is 25.2 Å². The lowest BCUT2D eigenvalue weighted by Gasteiger charge is -2.21. The first-order valence-electron chi connectivity index (χ1n) is 9.49. The molecule has 0 aliphatic rings. The highest BCUT2D eigenvalue weighted by Gasteiger charge is 2.21. The molecule has 4 aromatic rings. The van der Waals surface area contributed by atoms with Gasteiger partial charge in [0.25, 0.3) is 0 Å². The zero-order valence-corrected chi connectivity index (χ0v) is 17.1. The SMILES string of the molecule is COc1cccc2c(-c3cn(Cc4cccc(C(C)(C)CO)n4)nn3)nc(N)nc12. The van der Waals surface area contributed by atoms with Crippen molar-refractivity contribution in [3.8, 4) is 17.1 Å². The minimum Gasteiger partial charge on any atom is -0.494 e. The molecule has 0 fully saturated rings. The lowest BCUT2D eigenvalue weighted by Crippen LogP contribution is -2.24. The Morgan fingerprint density at radius 1 is 1.10 bits per heavy atom. The first-order valence-corrected chi connectivity index (χ1v) is 9.49. The molecule has 3 N–H and O–H groups in total. The van der Waals surface area contributed by atoms with E-state index >= 15 is 0 Å². The van der Waals surface area contributed by atoms with Gasteiger partial charge in [0.05, 0.1) is 32.2 Å². The van der Waals surface area contributed by atoms with E-state index < -0.39 is 5.41 Å². The van der Waals surface area contributed by atoms with Crippen LogP contribution >= 0.6 is 0 Å². The van der Waals surface area contributed by atoms with Crippen LogP contribution in [0, 0.1) is 0 Å². The van der Waals surface area contributed by atoms with E-state index in [0.29, 0.717) is 29.2 Å². The first kappa shape index (κ1) is 19.7. The van der Waals surface area contributed by atoms with Gasteiger partial charge in [-0.25, -0.2) is 14.6 Å². The maximum Gasteiger partial charge on any atom is 0.221 e. The molecule has 0 atom stereocenters. The Bertz CT molecular complexity index is 1200. The molecule has 0 saturated heterocycles. The number of aromatic nitrogens is 6. The van der Waals surface area contributed by atoms with Gasteiger partial charge in [-0.1, -0.05) is 37.3 Å². The van der Waals surface area contributed by atoms with E-state index in [4.69, 9.17) is 10.5 Å². The Hall–Kier alpha value is -3.59. The van der Waals surface area contributed by atoms with Crippen LogP contribution in [0.2, 0.25) is 0 Å². The smallest absolute Gasteiger partial charge is 0.221 e. The quantitative estimate of drug-likeness (QED) is 0.500. The molecule has 0 unspecified atom stereocenters. The Balaban J connectivity index is 1.69. The highest BCUT2D eigenvalue weighted by molar-refractivity contribution is 5.95. The molecule has 0 radical (unpaired) electrons. The maximum absolute atomic E-state index is 9.61. The highest BCUT2D eigenvalue weighted by atomic mass is 16.5. The largest absolute Gasteiger partial charge is 0.494 e. The number of aliphatic hydroxyl groups excluding tert-OH is 1. The van der Waals surface area contributed by atoms with Crippen LogP contribution < -0.4 is 10.5 Å². The number of para-hydroxylation sites is 1. The number of fused-ring (bicyclic) bond motifs is 1. The van der Waals surface area contributed by atoms with Crippen LogP contribution in [-0.2, 0) is 12.0 Å². The van der Waals surface area contributed by atoms with Crippen LogP contribution in [0.3, 0.4) is 0 Å². The molecule has 3 heterocycles. The van der Waals surface area contributed by atoms with Crippen molar-refractivity contribution in [2.24, 2.45) is 0 Å². The van der Waals surface area contributed by atoms with Crippen LogP contribution in [-0.4, -0.2) is 48.8 Å². The summed E-state index contributed by atoms with van der Waals surface area (Å²) < 4.78 is 7.08. The molecule has 30 heavy (non-hydrogen) atoms. The van der Waals surface area contributed by atoms with Gasteiger partial charge >= 0.3 is 0 Å². The monoisotopic (exact) mass is 405 g/mol. The van der Waals surface area contributed by atoms with Crippen molar-refractivity contribution in [1.82, 2.24) is 29.9 Å². The average molecular weight is 405 g/mol. The molecule has 154 valence electrons. The molecule has 0 bridgehead atoms. The fourth-order valence-corrected chi connectivity index (χ4v) is 3.18. The van der Waals surface area contributed by atoms with Gasteiger partial charge in [0.2, 0.25) is 5.95 Å². The third kappa shape index (κ3) is 3.67. The lowest BCUT2D eigenvalue weighted by atomic mass is 9.90. The minimum absolute atomic E-state index is 0.0165. The van der Waals surface area contributed by atoms with Crippen molar-refractivity contribution in [3.05, 3.63) is 54.0 Å². The van der Waals surface area contributed by atoms with Gasteiger partial charge in [0.15, 0.2) is 0 Å². The summed E-state index contributed by atoms with van der Waals surface area (Å²) in [7, 11) is 1.59. The zero-order valence-electron chi connectivity index (χ0n) is 17.1. The topological polar surface area (TPSA) is 125 Å². The third-order valence-electron chi connectivity index (χ3n) is 4.93. The van der Waals surface area contributed by atoms with Gasteiger partial charge in [0, 0.05) is 16.5 Å². The third-order valence-corrected chi connectivity index (χ3v) is 4.93. The number of nitrogens with two attached hydrogens (primary N) is 1. The summed E-state index contributed by atoms with van der Waals surface area (Å²) in [6.07, 6.45) is 1.80. The second kappa shape index (κ2) is 7.68. The van der Waals surface area contributed by atoms with E-state index in [1.165, 1.54) is 0 Å². The second-order valence-electron chi connectivity index (χ2n) is 7.64. The molecule has 9 nitrogen and oxygen atoms in total. The van der Waals surface area contributed by atoms with Gasteiger partial charge in [-0.15, -0.1) is 5.10 Å². The summed E-state index contributed by atoms with van der Waals surface area (Å²) in [5.41, 5.74) is 8.94. The van der Waals surface area contributed by atoms with Crippen molar-refractivity contribution in [2.45, 2.75) is 25.8 Å². The number of pyridine rings is 1. The van der Waals surface area contributed by atoms with Crippen LogP contribution in [0.4, 0.5) is 5.95 Å². The Morgan fingerprint density at radius 2 is 1.90 bits per heavy atom. The van der Waals surface area contributed by atoms with Crippen LogP contribution in [0.5, 0.6) is 5.75 Å². The van der Waals surface area contributed by atoms with E-state index in [2.05, 4.69) is 25.3 Å².